The quantitative estimate of drug-likeness (QED) is 0.827. The third kappa shape index (κ3) is 3.72. The summed E-state index contributed by atoms with van der Waals surface area (Å²) in [6.45, 7) is 9.29. The molecule has 0 radical (unpaired) electrons. The molecule has 114 valence electrons. The maximum atomic E-state index is 4.69. The van der Waals surface area contributed by atoms with E-state index < -0.39 is 0 Å². The van der Waals surface area contributed by atoms with Crippen molar-refractivity contribution in [1.29, 1.82) is 0 Å². The molecule has 0 atom stereocenters. The minimum Gasteiger partial charge on any atom is -0.370 e. The highest BCUT2D eigenvalue weighted by Gasteiger charge is 2.15. The molecule has 2 rings (SSSR count). The number of rotatable bonds is 6. The Balaban J connectivity index is 2.38. The molecule has 0 aliphatic rings. The first-order valence-electron chi connectivity index (χ1n) is 7.17. The Morgan fingerprint density at radius 3 is 2.67 bits per heavy atom. The van der Waals surface area contributed by atoms with Crippen molar-refractivity contribution < 1.29 is 0 Å². The summed E-state index contributed by atoms with van der Waals surface area (Å²) >= 11 is 1.52. The maximum Gasteiger partial charge on any atom is 0.197 e. The summed E-state index contributed by atoms with van der Waals surface area (Å²) in [5.74, 6) is 2.05. The summed E-state index contributed by atoms with van der Waals surface area (Å²) in [4.78, 5) is 9.33. The van der Waals surface area contributed by atoms with Crippen LogP contribution in [0.1, 0.15) is 44.5 Å². The van der Waals surface area contributed by atoms with Crippen LogP contribution in [-0.4, -0.2) is 31.3 Å². The second-order valence-corrected chi connectivity index (χ2v) is 6.22. The molecular weight excluding hydrogens is 284 g/mol. The maximum absolute atomic E-state index is 4.69. The van der Waals surface area contributed by atoms with Gasteiger partial charge in [-0.3, -0.25) is 0 Å². The molecule has 2 aromatic rings. The number of anilines is 1. The fraction of sp³-hybridized carbons (Fsp3) is 0.571. The van der Waals surface area contributed by atoms with E-state index in [1.54, 1.807) is 6.33 Å². The van der Waals surface area contributed by atoms with Gasteiger partial charge in [-0.25, -0.2) is 9.97 Å². The molecular formula is C14H22N6S. The highest BCUT2D eigenvalue weighted by atomic mass is 32.2. The summed E-state index contributed by atoms with van der Waals surface area (Å²) in [5.41, 5.74) is 1.06. The van der Waals surface area contributed by atoms with Gasteiger partial charge in [-0.2, -0.15) is 0 Å². The van der Waals surface area contributed by atoms with Crippen molar-refractivity contribution in [2.75, 3.05) is 11.9 Å². The van der Waals surface area contributed by atoms with Gasteiger partial charge in [0.2, 0.25) is 0 Å². The number of nitrogens with zero attached hydrogens (tertiary/aromatic N) is 5. The fourth-order valence-electron chi connectivity index (χ4n) is 1.74. The van der Waals surface area contributed by atoms with Gasteiger partial charge < -0.3 is 9.88 Å². The minimum absolute atomic E-state index is 0.284. The van der Waals surface area contributed by atoms with Crippen molar-refractivity contribution in [3.8, 4) is 0 Å². The predicted molar refractivity (Wildman–Crippen MR) is 84.8 cm³/mol. The van der Waals surface area contributed by atoms with E-state index in [-0.39, 0.29) is 5.92 Å². The van der Waals surface area contributed by atoms with Crippen LogP contribution in [0.15, 0.2) is 16.5 Å². The normalized spacial score (nSPS) is 11.1. The molecule has 0 aromatic carbocycles. The molecule has 0 bridgehead atoms. The van der Waals surface area contributed by atoms with E-state index in [2.05, 4.69) is 46.3 Å². The van der Waals surface area contributed by atoms with E-state index in [9.17, 15) is 0 Å². The predicted octanol–water partition coefficient (Wildman–Crippen LogP) is 3.01. The van der Waals surface area contributed by atoms with Crippen LogP contribution in [0, 0.1) is 6.92 Å². The Bertz CT molecular complexity index is 608. The summed E-state index contributed by atoms with van der Waals surface area (Å²) in [6.07, 6.45) is 2.75. The Morgan fingerprint density at radius 2 is 2.10 bits per heavy atom. The molecule has 0 saturated heterocycles. The third-order valence-electron chi connectivity index (χ3n) is 3.04. The number of aryl methyl sites for hydroxylation is 1. The summed E-state index contributed by atoms with van der Waals surface area (Å²) in [6, 6.07) is 0. The van der Waals surface area contributed by atoms with Crippen LogP contribution in [0.3, 0.4) is 0 Å². The van der Waals surface area contributed by atoms with Crippen LogP contribution in [0.2, 0.25) is 0 Å². The molecule has 6 nitrogen and oxygen atoms in total. The van der Waals surface area contributed by atoms with Crippen molar-refractivity contribution in [3.05, 3.63) is 17.7 Å². The second-order valence-electron chi connectivity index (χ2n) is 5.27. The standard InChI is InChI=1S/C14H22N6S/c1-6-7-15-12-10(4)13(18-11(17-12)9(2)3)21-14-19-16-8-20(14)5/h8-9H,6-7H2,1-5H3,(H,15,17,18). The molecule has 21 heavy (non-hydrogen) atoms. The van der Waals surface area contributed by atoms with Gasteiger partial charge in [0.15, 0.2) is 5.16 Å². The number of hydrogen-bond acceptors (Lipinski definition) is 6. The second kappa shape index (κ2) is 6.89. The van der Waals surface area contributed by atoms with Crippen LogP contribution in [0.5, 0.6) is 0 Å². The van der Waals surface area contributed by atoms with Gasteiger partial charge in [-0.05, 0) is 25.1 Å². The first kappa shape index (κ1) is 15.8. The van der Waals surface area contributed by atoms with Gasteiger partial charge in [0.1, 0.15) is 23.0 Å². The first-order chi connectivity index (χ1) is 10.0. The number of aromatic nitrogens is 5. The molecule has 0 fully saturated rings. The Morgan fingerprint density at radius 1 is 1.33 bits per heavy atom. The van der Waals surface area contributed by atoms with E-state index >= 15 is 0 Å². The van der Waals surface area contributed by atoms with E-state index in [0.29, 0.717) is 0 Å². The Hall–Kier alpha value is -1.63. The summed E-state index contributed by atoms with van der Waals surface area (Å²) in [7, 11) is 1.93. The first-order valence-corrected chi connectivity index (χ1v) is 7.98. The van der Waals surface area contributed by atoms with E-state index in [1.807, 2.05) is 18.5 Å². The van der Waals surface area contributed by atoms with Crippen LogP contribution in [-0.2, 0) is 7.05 Å². The lowest BCUT2D eigenvalue weighted by Gasteiger charge is -2.14. The lowest BCUT2D eigenvalue weighted by atomic mass is 10.2. The zero-order valence-electron chi connectivity index (χ0n) is 13.2. The number of nitrogens with one attached hydrogen (secondary N) is 1. The fourth-order valence-corrected chi connectivity index (χ4v) is 2.58. The molecule has 0 aliphatic carbocycles. The SMILES string of the molecule is CCCNc1nc(C(C)C)nc(Sc2nncn2C)c1C. The van der Waals surface area contributed by atoms with Crippen molar-refractivity contribution in [2.24, 2.45) is 7.05 Å². The summed E-state index contributed by atoms with van der Waals surface area (Å²) < 4.78 is 1.89. The molecule has 2 aromatic heterocycles. The van der Waals surface area contributed by atoms with E-state index in [0.717, 1.165) is 40.4 Å². The van der Waals surface area contributed by atoms with Gasteiger partial charge in [-0.15, -0.1) is 10.2 Å². The topological polar surface area (TPSA) is 68.5 Å². The Kier molecular flexibility index (Phi) is 5.17. The molecule has 0 aliphatic heterocycles. The highest BCUT2D eigenvalue weighted by molar-refractivity contribution is 7.99. The van der Waals surface area contributed by atoms with Crippen LogP contribution in [0.4, 0.5) is 5.82 Å². The smallest absolute Gasteiger partial charge is 0.197 e. The van der Waals surface area contributed by atoms with Gasteiger partial charge in [0.25, 0.3) is 0 Å². The average molecular weight is 306 g/mol. The van der Waals surface area contributed by atoms with Crippen LogP contribution < -0.4 is 5.32 Å². The van der Waals surface area contributed by atoms with E-state index in [1.165, 1.54) is 11.8 Å². The van der Waals surface area contributed by atoms with Gasteiger partial charge >= 0.3 is 0 Å². The van der Waals surface area contributed by atoms with Gasteiger partial charge in [-0.1, -0.05) is 20.8 Å². The van der Waals surface area contributed by atoms with Crippen molar-refractivity contribution in [1.82, 2.24) is 24.7 Å². The molecule has 7 heteroatoms. The molecule has 2 heterocycles. The molecule has 1 N–H and O–H groups in total. The largest absolute Gasteiger partial charge is 0.370 e. The van der Waals surface area contributed by atoms with E-state index in [4.69, 9.17) is 0 Å². The van der Waals surface area contributed by atoms with Crippen molar-refractivity contribution in [3.63, 3.8) is 0 Å². The lowest BCUT2D eigenvalue weighted by Crippen LogP contribution is -2.09. The average Bonchev–Trinajstić information content (AvgIpc) is 2.85. The van der Waals surface area contributed by atoms with Crippen LogP contribution in [0.25, 0.3) is 0 Å². The zero-order chi connectivity index (χ0) is 15.4. The molecule has 0 amide bonds. The lowest BCUT2D eigenvalue weighted by molar-refractivity contribution is 0.743. The summed E-state index contributed by atoms with van der Waals surface area (Å²) in [5, 5.41) is 13.2. The molecule has 0 unspecified atom stereocenters. The highest BCUT2D eigenvalue weighted by Crippen LogP contribution is 2.31. The number of hydrogen-bond donors (Lipinski definition) is 1. The van der Waals surface area contributed by atoms with Crippen LogP contribution >= 0.6 is 11.8 Å². The molecule has 0 spiro atoms. The molecule has 0 saturated carbocycles. The third-order valence-corrected chi connectivity index (χ3v) is 4.18. The monoisotopic (exact) mass is 306 g/mol. The van der Waals surface area contributed by atoms with Gasteiger partial charge in [0.05, 0.1) is 0 Å². The van der Waals surface area contributed by atoms with Gasteiger partial charge in [0, 0.05) is 25.1 Å². The Labute approximate surface area is 129 Å². The van der Waals surface area contributed by atoms with Crippen molar-refractivity contribution >= 4 is 17.6 Å². The minimum atomic E-state index is 0.284. The van der Waals surface area contributed by atoms with Crippen molar-refractivity contribution in [2.45, 2.75) is 50.2 Å². The zero-order valence-corrected chi connectivity index (χ0v) is 14.0.